The second kappa shape index (κ2) is 10.6. The molecule has 0 spiro atoms. The van der Waals surface area contributed by atoms with E-state index in [0.29, 0.717) is 24.7 Å². The zero-order chi connectivity index (χ0) is 22.4. The number of hydrogen-bond donors (Lipinski definition) is 1. The van der Waals surface area contributed by atoms with E-state index in [-0.39, 0.29) is 18.6 Å². The maximum atomic E-state index is 13.5. The van der Waals surface area contributed by atoms with Crippen LogP contribution in [0.3, 0.4) is 0 Å². The standard InChI is InChI=1S/C22H31F4N3O2/c1-31-15-21(30)27-17-4-2-16(3-5-17)8-9-28-10-12-29(13-11-28)18-6-7-20(23)19(14-18)22(24,25)26/h6-7,14,16-17H,2-5,8-13,15H2,1H3,(H,27,30). The van der Waals surface area contributed by atoms with Gasteiger partial charge in [0, 0.05) is 45.0 Å². The Morgan fingerprint density at radius 3 is 2.42 bits per heavy atom. The van der Waals surface area contributed by atoms with Crippen LogP contribution < -0.4 is 10.2 Å². The van der Waals surface area contributed by atoms with E-state index < -0.39 is 17.6 Å². The number of nitrogens with one attached hydrogen (secondary N) is 1. The number of anilines is 1. The van der Waals surface area contributed by atoms with E-state index in [2.05, 4.69) is 10.2 Å². The third-order valence-electron chi connectivity index (χ3n) is 6.33. The van der Waals surface area contributed by atoms with Gasteiger partial charge in [-0.15, -0.1) is 0 Å². The van der Waals surface area contributed by atoms with Crippen molar-refractivity contribution in [1.82, 2.24) is 10.2 Å². The molecule has 1 heterocycles. The highest BCUT2D eigenvalue weighted by Gasteiger charge is 2.35. The van der Waals surface area contributed by atoms with Crippen LogP contribution in [-0.4, -0.2) is 63.3 Å². The predicted octanol–water partition coefficient (Wildman–Crippen LogP) is 3.68. The molecule has 1 aromatic carbocycles. The van der Waals surface area contributed by atoms with Gasteiger partial charge < -0.3 is 15.0 Å². The van der Waals surface area contributed by atoms with Crippen molar-refractivity contribution in [3.8, 4) is 0 Å². The Morgan fingerprint density at radius 2 is 1.81 bits per heavy atom. The maximum Gasteiger partial charge on any atom is 0.419 e. The molecule has 2 aliphatic rings. The molecule has 31 heavy (non-hydrogen) atoms. The third kappa shape index (κ3) is 6.80. The fraction of sp³-hybridized carbons (Fsp3) is 0.682. The second-order valence-corrected chi connectivity index (χ2v) is 8.50. The van der Waals surface area contributed by atoms with Crippen LogP contribution >= 0.6 is 0 Å². The van der Waals surface area contributed by atoms with Crippen LogP contribution in [0.2, 0.25) is 0 Å². The first kappa shape index (κ1) is 23.8. The molecule has 1 N–H and O–H groups in total. The van der Waals surface area contributed by atoms with E-state index in [0.717, 1.165) is 63.9 Å². The van der Waals surface area contributed by atoms with E-state index in [1.807, 2.05) is 4.90 Å². The van der Waals surface area contributed by atoms with Gasteiger partial charge in [-0.25, -0.2) is 4.39 Å². The number of rotatable bonds is 7. The molecule has 1 saturated heterocycles. The van der Waals surface area contributed by atoms with E-state index in [1.54, 1.807) is 0 Å². The molecule has 3 rings (SSSR count). The molecule has 0 bridgehead atoms. The van der Waals surface area contributed by atoms with Gasteiger partial charge in [-0.05, 0) is 62.8 Å². The number of methoxy groups -OCH3 is 1. The van der Waals surface area contributed by atoms with Crippen LogP contribution in [0.25, 0.3) is 0 Å². The van der Waals surface area contributed by atoms with Crippen LogP contribution in [0, 0.1) is 11.7 Å². The number of piperazine rings is 1. The topological polar surface area (TPSA) is 44.8 Å². The van der Waals surface area contributed by atoms with Gasteiger partial charge in [0.2, 0.25) is 5.91 Å². The minimum Gasteiger partial charge on any atom is -0.375 e. The molecule has 174 valence electrons. The van der Waals surface area contributed by atoms with Crippen molar-refractivity contribution in [2.45, 2.75) is 44.3 Å². The van der Waals surface area contributed by atoms with Crippen LogP contribution in [0.1, 0.15) is 37.7 Å². The number of benzene rings is 1. The van der Waals surface area contributed by atoms with Crippen molar-refractivity contribution in [1.29, 1.82) is 0 Å². The molecule has 1 aliphatic heterocycles. The number of ether oxygens (including phenoxy) is 1. The number of alkyl halides is 3. The Hall–Kier alpha value is -1.87. The van der Waals surface area contributed by atoms with Crippen LogP contribution in [0.15, 0.2) is 18.2 Å². The number of nitrogens with zero attached hydrogens (tertiary/aromatic N) is 2. The number of amides is 1. The first-order valence-corrected chi connectivity index (χ1v) is 10.9. The van der Waals surface area contributed by atoms with E-state index in [4.69, 9.17) is 4.74 Å². The molecule has 0 aromatic heterocycles. The van der Waals surface area contributed by atoms with Crippen molar-refractivity contribution in [3.05, 3.63) is 29.6 Å². The fourth-order valence-electron chi connectivity index (χ4n) is 4.52. The molecule has 1 amide bonds. The lowest BCUT2D eigenvalue weighted by Crippen LogP contribution is -2.47. The first-order chi connectivity index (χ1) is 14.8. The summed E-state index contributed by atoms with van der Waals surface area (Å²) in [4.78, 5) is 15.8. The van der Waals surface area contributed by atoms with E-state index in [9.17, 15) is 22.4 Å². The lowest BCUT2D eigenvalue weighted by Gasteiger charge is -2.37. The molecule has 0 radical (unpaired) electrons. The minimum absolute atomic E-state index is 0.0627. The molecular formula is C22H31F4N3O2. The Bertz CT molecular complexity index is 728. The summed E-state index contributed by atoms with van der Waals surface area (Å²) in [5.74, 6) is -0.657. The Kier molecular flexibility index (Phi) is 8.16. The highest BCUT2D eigenvalue weighted by Crippen LogP contribution is 2.34. The summed E-state index contributed by atoms with van der Waals surface area (Å²) in [5, 5.41) is 3.01. The van der Waals surface area contributed by atoms with E-state index in [1.165, 1.54) is 13.2 Å². The molecule has 0 atom stereocenters. The molecule has 1 saturated carbocycles. The lowest BCUT2D eigenvalue weighted by atomic mass is 9.84. The predicted molar refractivity (Wildman–Crippen MR) is 110 cm³/mol. The molecule has 1 aromatic rings. The van der Waals surface area contributed by atoms with Gasteiger partial charge in [-0.1, -0.05) is 0 Å². The van der Waals surface area contributed by atoms with Gasteiger partial charge in [0.1, 0.15) is 12.4 Å². The van der Waals surface area contributed by atoms with Crippen molar-refractivity contribution in [2.75, 3.05) is 51.3 Å². The third-order valence-corrected chi connectivity index (χ3v) is 6.33. The van der Waals surface area contributed by atoms with Gasteiger partial charge in [0.05, 0.1) is 5.56 Å². The Balaban J connectivity index is 1.39. The molecule has 1 aliphatic carbocycles. The highest BCUT2D eigenvalue weighted by molar-refractivity contribution is 5.77. The summed E-state index contributed by atoms with van der Waals surface area (Å²) in [7, 11) is 1.51. The molecule has 2 fully saturated rings. The van der Waals surface area contributed by atoms with Crippen LogP contribution in [0.4, 0.5) is 23.2 Å². The quantitative estimate of drug-likeness (QED) is 0.651. The lowest BCUT2D eigenvalue weighted by molar-refractivity contribution is -0.140. The highest BCUT2D eigenvalue weighted by atomic mass is 19.4. The number of hydrogen-bond acceptors (Lipinski definition) is 4. The Morgan fingerprint density at radius 1 is 1.13 bits per heavy atom. The number of carbonyl (C=O) groups is 1. The molecule has 5 nitrogen and oxygen atoms in total. The summed E-state index contributed by atoms with van der Waals surface area (Å²) in [6.45, 7) is 3.88. The second-order valence-electron chi connectivity index (χ2n) is 8.50. The average molecular weight is 446 g/mol. The number of halogens is 4. The molecule has 9 heteroatoms. The van der Waals surface area contributed by atoms with Gasteiger partial charge in [-0.2, -0.15) is 13.2 Å². The monoisotopic (exact) mass is 445 g/mol. The van der Waals surface area contributed by atoms with Crippen molar-refractivity contribution < 1.29 is 27.1 Å². The summed E-state index contributed by atoms with van der Waals surface area (Å²) in [5.41, 5.74) is -0.788. The van der Waals surface area contributed by atoms with Crippen LogP contribution in [0.5, 0.6) is 0 Å². The van der Waals surface area contributed by atoms with Crippen molar-refractivity contribution in [3.63, 3.8) is 0 Å². The summed E-state index contributed by atoms with van der Waals surface area (Å²) in [6.07, 6.45) is 0.558. The largest absolute Gasteiger partial charge is 0.419 e. The smallest absolute Gasteiger partial charge is 0.375 e. The zero-order valence-electron chi connectivity index (χ0n) is 17.9. The van der Waals surface area contributed by atoms with Crippen molar-refractivity contribution in [2.24, 2.45) is 5.92 Å². The van der Waals surface area contributed by atoms with Gasteiger partial charge in [-0.3, -0.25) is 9.69 Å². The fourth-order valence-corrected chi connectivity index (χ4v) is 4.52. The van der Waals surface area contributed by atoms with Gasteiger partial charge >= 0.3 is 6.18 Å². The van der Waals surface area contributed by atoms with Gasteiger partial charge in [0.25, 0.3) is 0 Å². The first-order valence-electron chi connectivity index (χ1n) is 10.9. The number of carbonyl (C=O) groups excluding carboxylic acids is 1. The zero-order valence-corrected chi connectivity index (χ0v) is 17.9. The average Bonchev–Trinajstić information content (AvgIpc) is 2.73. The summed E-state index contributed by atoms with van der Waals surface area (Å²) < 4.78 is 57.3. The normalized spacial score (nSPS) is 23.1. The van der Waals surface area contributed by atoms with E-state index >= 15 is 0 Å². The van der Waals surface area contributed by atoms with Crippen molar-refractivity contribution >= 4 is 11.6 Å². The molecule has 0 unspecified atom stereocenters. The molecular weight excluding hydrogens is 414 g/mol. The SMILES string of the molecule is COCC(=O)NC1CCC(CCN2CCN(c3ccc(F)c(C(F)(F)F)c3)CC2)CC1. The minimum atomic E-state index is -4.69. The Labute approximate surface area is 180 Å². The summed E-state index contributed by atoms with van der Waals surface area (Å²) >= 11 is 0. The summed E-state index contributed by atoms with van der Waals surface area (Å²) in [6, 6.07) is 3.47. The van der Waals surface area contributed by atoms with Crippen LogP contribution in [-0.2, 0) is 15.7 Å². The van der Waals surface area contributed by atoms with Gasteiger partial charge in [0.15, 0.2) is 0 Å². The maximum absolute atomic E-state index is 13.5.